The van der Waals surface area contributed by atoms with Crippen LogP contribution in [-0.4, -0.2) is 58.4 Å². The van der Waals surface area contributed by atoms with Gasteiger partial charge in [0.05, 0.1) is 18.1 Å². The van der Waals surface area contributed by atoms with Crippen molar-refractivity contribution >= 4 is 5.95 Å². The Bertz CT molecular complexity index is 1280. The van der Waals surface area contributed by atoms with Gasteiger partial charge in [0.25, 0.3) is 0 Å². The quantitative estimate of drug-likeness (QED) is 0.576. The third-order valence-electron chi connectivity index (χ3n) is 7.68. The Balaban J connectivity index is 1.26. The summed E-state index contributed by atoms with van der Waals surface area (Å²) in [5, 5.41) is 40.2. The number of rotatable bonds is 5. The summed E-state index contributed by atoms with van der Waals surface area (Å²) in [5.74, 6) is 0.711. The van der Waals surface area contributed by atoms with Gasteiger partial charge in [0.1, 0.15) is 17.5 Å². The molecule has 0 radical (unpaired) electrons. The predicted octanol–water partition coefficient (Wildman–Crippen LogP) is 3.12. The molecule has 4 heterocycles. The van der Waals surface area contributed by atoms with Crippen LogP contribution < -0.4 is 10.2 Å². The predicted molar refractivity (Wildman–Crippen MR) is 129 cm³/mol. The van der Waals surface area contributed by atoms with Crippen LogP contribution >= 0.6 is 0 Å². The van der Waals surface area contributed by atoms with Crippen molar-refractivity contribution < 1.29 is 5.11 Å². The molecule has 2 saturated heterocycles. The number of anilines is 1. The van der Waals surface area contributed by atoms with Crippen LogP contribution in [0, 0.1) is 11.3 Å². The number of aromatic nitrogens is 6. The van der Waals surface area contributed by atoms with Gasteiger partial charge in [-0.05, 0) is 70.9 Å². The molecular weight excluding hydrogens is 442 g/mol. The van der Waals surface area contributed by atoms with Crippen LogP contribution in [0.4, 0.5) is 5.95 Å². The fourth-order valence-electron chi connectivity index (χ4n) is 6.15. The summed E-state index contributed by atoms with van der Waals surface area (Å²) in [5.41, 5.74) is 2.15. The van der Waals surface area contributed by atoms with Gasteiger partial charge >= 0.3 is 0 Å². The van der Waals surface area contributed by atoms with Crippen molar-refractivity contribution in [1.29, 1.82) is 5.26 Å². The summed E-state index contributed by atoms with van der Waals surface area (Å²) >= 11 is 0. The summed E-state index contributed by atoms with van der Waals surface area (Å²) in [6, 6.07) is 7.91. The lowest BCUT2D eigenvalue weighted by atomic mass is 9.69. The van der Waals surface area contributed by atoms with Crippen LogP contribution in [-0.2, 0) is 0 Å². The van der Waals surface area contributed by atoms with Crippen LogP contribution in [0.2, 0.25) is 0 Å². The molecule has 10 nitrogen and oxygen atoms in total. The highest BCUT2D eigenvalue weighted by Crippen LogP contribution is 2.44. The number of nitriles is 1. The van der Waals surface area contributed by atoms with E-state index in [1.807, 2.05) is 6.07 Å². The summed E-state index contributed by atoms with van der Waals surface area (Å²) in [6.45, 7) is 4.72. The smallest absolute Gasteiger partial charge is 0.245 e. The summed E-state index contributed by atoms with van der Waals surface area (Å²) < 4.78 is 1.44. The zero-order valence-corrected chi connectivity index (χ0v) is 20.0. The summed E-state index contributed by atoms with van der Waals surface area (Å²) in [6.07, 6.45) is 11.4. The average Bonchev–Trinajstić information content (AvgIpc) is 3.53. The van der Waals surface area contributed by atoms with E-state index in [9.17, 15) is 5.11 Å². The molecule has 0 unspecified atom stereocenters. The van der Waals surface area contributed by atoms with Gasteiger partial charge in [-0.1, -0.05) is 5.21 Å². The molecule has 2 aliphatic heterocycles. The van der Waals surface area contributed by atoms with Gasteiger partial charge in [-0.3, -0.25) is 0 Å². The number of fused-ring (bicyclic) bond motifs is 2. The van der Waals surface area contributed by atoms with E-state index < -0.39 is 0 Å². The lowest BCUT2D eigenvalue weighted by Gasteiger charge is -2.55. The van der Waals surface area contributed by atoms with Crippen LogP contribution in [0.3, 0.4) is 0 Å². The van der Waals surface area contributed by atoms with Crippen molar-refractivity contribution in [3.8, 4) is 28.8 Å². The highest BCUT2D eigenvalue weighted by Gasteiger charge is 2.49. The molecule has 1 aromatic carbocycles. The maximum atomic E-state index is 10.7. The van der Waals surface area contributed by atoms with Crippen molar-refractivity contribution in [2.45, 2.75) is 82.0 Å². The second kappa shape index (κ2) is 7.99. The van der Waals surface area contributed by atoms with E-state index in [1.165, 1.54) is 43.0 Å². The molecule has 3 aromatic rings. The van der Waals surface area contributed by atoms with E-state index in [1.54, 1.807) is 24.4 Å². The van der Waals surface area contributed by atoms with Crippen LogP contribution in [0.15, 0.2) is 30.6 Å². The first-order chi connectivity index (χ1) is 16.8. The number of nitrogens with one attached hydrogen (secondary N) is 1. The number of nitrogens with zero attached hydrogens (tertiary/aromatic N) is 8. The van der Waals surface area contributed by atoms with Crippen molar-refractivity contribution in [3.63, 3.8) is 0 Å². The Labute approximate surface area is 204 Å². The van der Waals surface area contributed by atoms with E-state index in [-0.39, 0.29) is 22.5 Å². The molecule has 3 aliphatic rings. The van der Waals surface area contributed by atoms with E-state index in [4.69, 9.17) is 10.2 Å². The Morgan fingerprint density at radius 1 is 1.11 bits per heavy atom. The molecule has 2 N–H and O–H groups in total. The van der Waals surface area contributed by atoms with Gasteiger partial charge in [0, 0.05) is 34.8 Å². The monoisotopic (exact) mass is 471 g/mol. The van der Waals surface area contributed by atoms with Gasteiger partial charge in [-0.15, -0.1) is 15.3 Å². The first-order valence-electron chi connectivity index (χ1n) is 12.3. The van der Waals surface area contributed by atoms with Crippen LogP contribution in [0.5, 0.6) is 5.75 Å². The Morgan fingerprint density at radius 2 is 1.89 bits per heavy atom. The Hall–Kier alpha value is -3.58. The van der Waals surface area contributed by atoms with E-state index in [2.05, 4.69) is 44.6 Å². The number of piperidine rings is 2. The van der Waals surface area contributed by atoms with Crippen molar-refractivity contribution in [3.05, 3.63) is 36.3 Å². The third kappa shape index (κ3) is 4.10. The molecule has 6 rings (SSSR count). The second-order valence-corrected chi connectivity index (χ2v) is 10.8. The normalized spacial score (nSPS) is 27.9. The fraction of sp³-hybridized carbons (Fsp3) is 0.520. The highest BCUT2D eigenvalue weighted by molar-refractivity contribution is 5.68. The second-order valence-electron chi connectivity index (χ2n) is 10.8. The molecule has 3 atom stereocenters. The molecule has 10 heteroatoms. The molecule has 180 valence electrons. The van der Waals surface area contributed by atoms with Crippen molar-refractivity contribution in [2.24, 2.45) is 0 Å². The van der Waals surface area contributed by atoms with Crippen LogP contribution in [0.25, 0.3) is 16.9 Å². The van der Waals surface area contributed by atoms with Crippen molar-refractivity contribution in [1.82, 2.24) is 35.5 Å². The molecule has 2 aromatic heterocycles. The molecule has 1 aliphatic carbocycles. The van der Waals surface area contributed by atoms with Gasteiger partial charge in [0.2, 0.25) is 5.95 Å². The minimum absolute atomic E-state index is 0.0337. The number of hydrogen-bond acceptors (Lipinski definition) is 9. The SMILES string of the molecule is C[C@]12CCC[C@](C)(C[C@@H](N(c3ncc(-c4ccc(-n5cc(C#N)nn5)cc4O)nn3)C3CC3)C1)N2. The average molecular weight is 472 g/mol. The minimum atomic E-state index is 0.0337. The van der Waals surface area contributed by atoms with Gasteiger partial charge < -0.3 is 15.3 Å². The minimum Gasteiger partial charge on any atom is -0.507 e. The largest absolute Gasteiger partial charge is 0.507 e. The molecule has 2 bridgehead atoms. The van der Waals surface area contributed by atoms with Gasteiger partial charge in [-0.2, -0.15) is 5.26 Å². The number of phenols is 1. The third-order valence-corrected chi connectivity index (χ3v) is 7.68. The lowest BCUT2D eigenvalue weighted by molar-refractivity contribution is 0.0764. The number of phenolic OH excluding ortho intramolecular Hbond substituents is 1. The molecule has 3 fully saturated rings. The van der Waals surface area contributed by atoms with E-state index in [0.29, 0.717) is 35.0 Å². The Morgan fingerprint density at radius 3 is 2.49 bits per heavy atom. The van der Waals surface area contributed by atoms with Crippen LogP contribution in [0.1, 0.15) is 64.5 Å². The first kappa shape index (κ1) is 21.9. The number of benzene rings is 1. The fourth-order valence-corrected chi connectivity index (χ4v) is 6.15. The highest BCUT2D eigenvalue weighted by atomic mass is 16.3. The molecule has 0 spiro atoms. The first-order valence-corrected chi connectivity index (χ1v) is 12.3. The maximum absolute atomic E-state index is 10.7. The standard InChI is InChI=1S/C25H29N9O/c1-24-8-3-9-25(2,31-24)12-19(11-24)34(17-4-5-17)23-27-14-21(29-30-23)20-7-6-18(10-22(20)35)33-15-16(13-26)28-32-33/h6-7,10,14-15,17,19,31,35H,3-5,8-9,11-12H2,1-2H3/t19-,24-,25+. The summed E-state index contributed by atoms with van der Waals surface area (Å²) in [7, 11) is 0. The van der Waals surface area contributed by atoms with E-state index in [0.717, 1.165) is 12.8 Å². The maximum Gasteiger partial charge on any atom is 0.245 e. The lowest BCUT2D eigenvalue weighted by Crippen LogP contribution is -2.67. The molecule has 0 amide bonds. The number of hydrogen-bond donors (Lipinski definition) is 2. The number of aromatic hydroxyl groups is 1. The zero-order valence-electron chi connectivity index (χ0n) is 20.0. The molecule has 1 saturated carbocycles. The van der Waals surface area contributed by atoms with Gasteiger partial charge in [-0.25, -0.2) is 9.67 Å². The Kier molecular flexibility index (Phi) is 5.00. The van der Waals surface area contributed by atoms with Crippen molar-refractivity contribution in [2.75, 3.05) is 4.90 Å². The summed E-state index contributed by atoms with van der Waals surface area (Å²) in [4.78, 5) is 7.14. The topological polar surface area (TPSA) is 129 Å². The van der Waals surface area contributed by atoms with Gasteiger partial charge in [0.15, 0.2) is 5.69 Å². The molecular formula is C25H29N9O. The zero-order chi connectivity index (χ0) is 24.2. The molecule has 35 heavy (non-hydrogen) atoms. The van der Waals surface area contributed by atoms with E-state index >= 15 is 0 Å².